The Morgan fingerprint density at radius 1 is 1.25 bits per heavy atom. The number of anilines is 1. The molecule has 3 heterocycles. The van der Waals surface area contributed by atoms with Crippen LogP contribution in [0.2, 0.25) is 0 Å². The average molecular weight is 381 g/mol. The van der Waals surface area contributed by atoms with Crippen molar-refractivity contribution in [1.29, 1.82) is 0 Å². The van der Waals surface area contributed by atoms with Crippen molar-refractivity contribution in [1.82, 2.24) is 19.6 Å². The molecule has 7 nitrogen and oxygen atoms in total. The fourth-order valence-corrected chi connectivity index (χ4v) is 4.27. The third-order valence-corrected chi connectivity index (χ3v) is 5.50. The monoisotopic (exact) mass is 381 g/mol. The van der Waals surface area contributed by atoms with Gasteiger partial charge in [0.05, 0.1) is 7.11 Å². The van der Waals surface area contributed by atoms with Crippen LogP contribution in [0.4, 0.5) is 10.6 Å². The summed E-state index contributed by atoms with van der Waals surface area (Å²) in [6.07, 6.45) is 1.71. The summed E-state index contributed by atoms with van der Waals surface area (Å²) in [7, 11) is 1.70. The van der Waals surface area contributed by atoms with Crippen LogP contribution in [0.1, 0.15) is 12.5 Å². The fourth-order valence-electron chi connectivity index (χ4n) is 4.27. The zero-order valence-corrected chi connectivity index (χ0v) is 16.5. The molecule has 7 heteroatoms. The van der Waals surface area contributed by atoms with Gasteiger partial charge in [0.25, 0.3) is 0 Å². The molecule has 0 radical (unpaired) electrons. The molecule has 28 heavy (non-hydrogen) atoms. The first-order valence-corrected chi connectivity index (χ1v) is 9.64. The van der Waals surface area contributed by atoms with Gasteiger partial charge in [0.15, 0.2) is 5.82 Å². The molecule has 2 unspecified atom stereocenters. The van der Waals surface area contributed by atoms with E-state index in [9.17, 15) is 4.79 Å². The van der Waals surface area contributed by atoms with Crippen LogP contribution in [0.3, 0.4) is 0 Å². The Labute approximate surface area is 165 Å². The summed E-state index contributed by atoms with van der Waals surface area (Å²) >= 11 is 0. The SMILES string of the molecule is C=C(C)Nc1ccn(C(=O)N2CC3CN(Cc4cccc(OC)c4)CC3C2)n1. The lowest BCUT2D eigenvalue weighted by Crippen LogP contribution is -2.36. The number of rotatable bonds is 5. The highest BCUT2D eigenvalue weighted by molar-refractivity contribution is 5.76. The van der Waals surface area contributed by atoms with E-state index in [1.807, 2.05) is 24.0 Å². The Balaban J connectivity index is 1.33. The number of hydrogen-bond donors (Lipinski definition) is 1. The molecule has 0 saturated carbocycles. The smallest absolute Gasteiger partial charge is 0.344 e. The summed E-state index contributed by atoms with van der Waals surface area (Å²) in [4.78, 5) is 17.2. The molecular formula is C21H27N5O2. The number of benzene rings is 1. The third kappa shape index (κ3) is 3.89. The van der Waals surface area contributed by atoms with Gasteiger partial charge in [-0.15, -0.1) is 5.10 Å². The van der Waals surface area contributed by atoms with Gasteiger partial charge in [-0.25, -0.2) is 4.79 Å². The largest absolute Gasteiger partial charge is 0.497 e. The molecule has 1 amide bonds. The number of carbonyl (C=O) groups excluding carboxylic acids is 1. The van der Waals surface area contributed by atoms with Crippen molar-refractivity contribution in [3.63, 3.8) is 0 Å². The molecule has 2 fully saturated rings. The third-order valence-electron chi connectivity index (χ3n) is 5.50. The maximum atomic E-state index is 12.8. The quantitative estimate of drug-likeness (QED) is 0.863. The van der Waals surface area contributed by atoms with E-state index in [4.69, 9.17) is 4.74 Å². The molecule has 1 N–H and O–H groups in total. The van der Waals surface area contributed by atoms with E-state index in [2.05, 4.69) is 34.0 Å². The highest BCUT2D eigenvalue weighted by Crippen LogP contribution is 2.32. The van der Waals surface area contributed by atoms with E-state index in [-0.39, 0.29) is 6.03 Å². The Morgan fingerprint density at radius 2 is 2.00 bits per heavy atom. The van der Waals surface area contributed by atoms with Gasteiger partial charge in [-0.05, 0) is 36.5 Å². The number of hydrogen-bond acceptors (Lipinski definition) is 5. The molecule has 1 aromatic heterocycles. The number of nitrogens with one attached hydrogen (secondary N) is 1. The summed E-state index contributed by atoms with van der Waals surface area (Å²) in [5.74, 6) is 2.59. The van der Waals surface area contributed by atoms with Crippen molar-refractivity contribution in [2.24, 2.45) is 11.8 Å². The first-order valence-electron chi connectivity index (χ1n) is 9.64. The molecule has 0 aliphatic carbocycles. The van der Waals surface area contributed by atoms with Crippen LogP contribution >= 0.6 is 0 Å². The maximum absolute atomic E-state index is 12.8. The fraction of sp³-hybridized carbons (Fsp3) is 0.429. The predicted octanol–water partition coefficient (Wildman–Crippen LogP) is 2.87. The number of fused-ring (bicyclic) bond motifs is 1. The zero-order valence-electron chi connectivity index (χ0n) is 16.5. The summed E-state index contributed by atoms with van der Waals surface area (Å²) in [5.41, 5.74) is 2.06. The molecule has 148 valence electrons. The predicted molar refractivity (Wildman–Crippen MR) is 108 cm³/mol. The first-order chi connectivity index (χ1) is 13.5. The highest BCUT2D eigenvalue weighted by atomic mass is 16.5. The average Bonchev–Trinajstić information content (AvgIpc) is 3.36. The summed E-state index contributed by atoms with van der Waals surface area (Å²) in [6.45, 7) is 10.2. The highest BCUT2D eigenvalue weighted by Gasteiger charge is 2.41. The van der Waals surface area contributed by atoms with Crippen molar-refractivity contribution < 1.29 is 9.53 Å². The van der Waals surface area contributed by atoms with Gasteiger partial charge in [0.2, 0.25) is 0 Å². The lowest BCUT2D eigenvalue weighted by molar-refractivity contribution is 0.197. The van der Waals surface area contributed by atoms with E-state index in [1.165, 1.54) is 10.2 Å². The van der Waals surface area contributed by atoms with Crippen LogP contribution in [-0.2, 0) is 6.54 Å². The molecule has 2 atom stereocenters. The number of carbonyl (C=O) groups is 1. The van der Waals surface area contributed by atoms with Crippen LogP contribution in [0, 0.1) is 11.8 Å². The molecule has 4 rings (SSSR count). The standard InChI is InChI=1S/C21H27N5O2/c1-15(2)22-20-7-8-26(23-20)21(27)25-13-17-11-24(12-18(17)14-25)10-16-5-4-6-19(9-16)28-3/h4-9,17-18H,1,10-14H2,2-3H3,(H,22,23). The van der Waals surface area contributed by atoms with E-state index >= 15 is 0 Å². The van der Waals surface area contributed by atoms with Crippen LogP contribution in [0.5, 0.6) is 5.75 Å². The second-order valence-corrected chi connectivity index (χ2v) is 7.80. The van der Waals surface area contributed by atoms with Crippen molar-refractivity contribution in [2.75, 3.05) is 38.6 Å². The van der Waals surface area contributed by atoms with E-state index in [0.29, 0.717) is 17.7 Å². The first kappa shape index (κ1) is 18.6. The number of amides is 1. The minimum atomic E-state index is -0.0523. The van der Waals surface area contributed by atoms with Gasteiger partial charge < -0.3 is 15.0 Å². The Hall–Kier alpha value is -2.80. The number of nitrogens with zero attached hydrogens (tertiary/aromatic N) is 4. The Morgan fingerprint density at radius 3 is 2.68 bits per heavy atom. The molecule has 2 aliphatic rings. The molecule has 1 aromatic carbocycles. The second kappa shape index (κ2) is 7.67. The number of methoxy groups -OCH3 is 1. The van der Waals surface area contributed by atoms with E-state index in [1.54, 1.807) is 19.4 Å². The van der Waals surface area contributed by atoms with Crippen LogP contribution in [-0.4, -0.2) is 58.9 Å². The molecule has 2 aromatic rings. The van der Waals surface area contributed by atoms with Crippen molar-refractivity contribution in [3.05, 3.63) is 54.4 Å². The number of likely N-dealkylation sites (tertiary alicyclic amines) is 2. The molecule has 0 bridgehead atoms. The molecule has 2 aliphatic heterocycles. The Bertz CT molecular complexity index is 863. The minimum absolute atomic E-state index is 0.0523. The lowest BCUT2D eigenvalue weighted by Gasteiger charge is -2.21. The van der Waals surface area contributed by atoms with Crippen LogP contribution < -0.4 is 10.1 Å². The number of ether oxygens (including phenoxy) is 1. The summed E-state index contributed by atoms with van der Waals surface area (Å²) in [6, 6.07) is 9.98. The number of allylic oxidation sites excluding steroid dienone is 1. The van der Waals surface area contributed by atoms with Gasteiger partial charge >= 0.3 is 6.03 Å². The maximum Gasteiger partial charge on any atom is 0.344 e. The minimum Gasteiger partial charge on any atom is -0.497 e. The lowest BCUT2D eigenvalue weighted by atomic mass is 10.0. The van der Waals surface area contributed by atoms with Crippen molar-refractivity contribution in [3.8, 4) is 5.75 Å². The molecule has 0 spiro atoms. The van der Waals surface area contributed by atoms with E-state index < -0.39 is 0 Å². The normalized spacial score (nSPS) is 21.6. The van der Waals surface area contributed by atoms with Gasteiger partial charge in [-0.2, -0.15) is 4.68 Å². The second-order valence-electron chi connectivity index (χ2n) is 7.80. The van der Waals surface area contributed by atoms with Crippen molar-refractivity contribution >= 4 is 11.8 Å². The van der Waals surface area contributed by atoms with Crippen LogP contribution in [0.25, 0.3) is 0 Å². The van der Waals surface area contributed by atoms with E-state index in [0.717, 1.165) is 44.2 Å². The van der Waals surface area contributed by atoms with Crippen molar-refractivity contribution in [2.45, 2.75) is 13.5 Å². The number of aromatic nitrogens is 2. The van der Waals surface area contributed by atoms with Crippen LogP contribution in [0.15, 0.2) is 48.8 Å². The molecule has 2 saturated heterocycles. The zero-order chi connectivity index (χ0) is 19.7. The van der Waals surface area contributed by atoms with Gasteiger partial charge in [-0.3, -0.25) is 4.90 Å². The summed E-state index contributed by atoms with van der Waals surface area (Å²) < 4.78 is 6.74. The Kier molecular flexibility index (Phi) is 5.09. The van der Waals surface area contributed by atoms with Gasteiger partial charge in [-0.1, -0.05) is 18.7 Å². The summed E-state index contributed by atoms with van der Waals surface area (Å²) in [5, 5.41) is 7.34. The molecular weight excluding hydrogens is 354 g/mol. The van der Waals surface area contributed by atoms with Gasteiger partial charge in [0, 0.05) is 50.7 Å². The van der Waals surface area contributed by atoms with Gasteiger partial charge in [0.1, 0.15) is 5.75 Å². The topological polar surface area (TPSA) is 62.6 Å².